The van der Waals surface area contributed by atoms with Gasteiger partial charge >= 0.3 is 11.9 Å². The maximum atomic E-state index is 12.1. The van der Waals surface area contributed by atoms with Gasteiger partial charge in [0.15, 0.2) is 30.0 Å². The number of benzene rings is 1. The van der Waals surface area contributed by atoms with Gasteiger partial charge in [0.2, 0.25) is 0 Å². The number of phenols is 1. The molecule has 0 radical (unpaired) electrons. The lowest BCUT2D eigenvalue weighted by atomic mass is 9.99. The van der Waals surface area contributed by atoms with Gasteiger partial charge in [-0.1, -0.05) is 6.07 Å². The molecule has 1 fully saturated rings. The zero-order valence-electron chi connectivity index (χ0n) is 15.1. The number of carbonyl (C=O) groups is 2. The summed E-state index contributed by atoms with van der Waals surface area (Å²) in [6.07, 6.45) is -3.86. The summed E-state index contributed by atoms with van der Waals surface area (Å²) in [6.45, 7) is 2.62. The Hall–Kier alpha value is -2.62. The molecule has 0 saturated carbocycles. The quantitative estimate of drug-likeness (QED) is 0.488. The van der Waals surface area contributed by atoms with Crippen molar-refractivity contribution < 1.29 is 43.9 Å². The molecule has 0 bridgehead atoms. The van der Waals surface area contributed by atoms with Gasteiger partial charge in [0.1, 0.15) is 6.10 Å². The monoisotopic (exact) mass is 382 g/mol. The molecule has 0 unspecified atom stereocenters. The van der Waals surface area contributed by atoms with Crippen molar-refractivity contribution in [1.82, 2.24) is 0 Å². The van der Waals surface area contributed by atoms with Crippen LogP contribution < -0.4 is 4.74 Å². The zero-order chi connectivity index (χ0) is 20.1. The number of hydrogen-bond acceptors (Lipinski definition) is 9. The first-order valence-electron chi connectivity index (χ1n) is 8.17. The second-order valence-electron chi connectivity index (χ2n) is 5.96. The van der Waals surface area contributed by atoms with Crippen molar-refractivity contribution >= 4 is 18.0 Å². The first kappa shape index (κ1) is 20.7. The fourth-order valence-electron chi connectivity index (χ4n) is 2.59. The molecular weight excluding hydrogens is 360 g/mol. The molecule has 0 aromatic heterocycles. The van der Waals surface area contributed by atoms with Crippen LogP contribution in [0.4, 0.5) is 0 Å². The number of rotatable bonds is 5. The van der Waals surface area contributed by atoms with Gasteiger partial charge in [0.25, 0.3) is 0 Å². The smallest absolute Gasteiger partial charge is 0.331 e. The van der Waals surface area contributed by atoms with Crippen molar-refractivity contribution in [2.45, 2.75) is 44.6 Å². The van der Waals surface area contributed by atoms with Gasteiger partial charge in [-0.15, -0.1) is 0 Å². The molecule has 148 valence electrons. The van der Waals surface area contributed by atoms with Crippen LogP contribution in [0.15, 0.2) is 24.3 Å². The highest BCUT2D eigenvalue weighted by molar-refractivity contribution is 5.87. The van der Waals surface area contributed by atoms with Crippen LogP contribution in [0.2, 0.25) is 0 Å². The Bertz CT molecular complexity index is 715. The van der Waals surface area contributed by atoms with Crippen LogP contribution in [-0.2, 0) is 23.8 Å². The van der Waals surface area contributed by atoms with Crippen molar-refractivity contribution in [2.24, 2.45) is 0 Å². The molecule has 9 heteroatoms. The van der Waals surface area contributed by atoms with E-state index in [0.717, 1.165) is 13.0 Å². The molecule has 0 spiro atoms. The Kier molecular flexibility index (Phi) is 6.78. The summed E-state index contributed by atoms with van der Waals surface area (Å²) < 4.78 is 20.2. The standard InChI is InChI=1S/C18H22O9/c1-9-15(22)16(26-10(2)19)17(18(23)25-9)27-14(21)7-5-11-4-6-12(20)13(8-11)24-3/h4-9,15-18,20,22-23H,1-3H3/b7-5+/t9-,15-,16+,17+,18+/m0/s1. The third-order valence-corrected chi connectivity index (χ3v) is 3.95. The second kappa shape index (κ2) is 8.85. The van der Waals surface area contributed by atoms with Crippen LogP contribution in [0.25, 0.3) is 6.08 Å². The summed E-state index contributed by atoms with van der Waals surface area (Å²) in [7, 11) is 1.39. The summed E-state index contributed by atoms with van der Waals surface area (Å²) in [4.78, 5) is 23.4. The average Bonchev–Trinajstić information content (AvgIpc) is 2.61. The van der Waals surface area contributed by atoms with E-state index in [-0.39, 0.29) is 11.5 Å². The predicted octanol–water partition coefficient (Wildman–Crippen LogP) is 0.355. The lowest BCUT2D eigenvalue weighted by Gasteiger charge is -2.40. The van der Waals surface area contributed by atoms with Crippen molar-refractivity contribution in [3.8, 4) is 11.5 Å². The van der Waals surface area contributed by atoms with Gasteiger partial charge in [-0.3, -0.25) is 4.79 Å². The van der Waals surface area contributed by atoms with Gasteiger partial charge in [-0.25, -0.2) is 4.79 Å². The second-order valence-corrected chi connectivity index (χ2v) is 5.96. The van der Waals surface area contributed by atoms with Crippen molar-refractivity contribution in [1.29, 1.82) is 0 Å². The van der Waals surface area contributed by atoms with E-state index in [4.69, 9.17) is 18.9 Å². The van der Waals surface area contributed by atoms with Crippen LogP contribution >= 0.6 is 0 Å². The number of phenolic OH excluding ortho intramolecular Hbond substituents is 1. The lowest BCUT2D eigenvalue weighted by molar-refractivity contribution is -0.284. The molecule has 27 heavy (non-hydrogen) atoms. The van der Waals surface area contributed by atoms with E-state index >= 15 is 0 Å². The number of carbonyl (C=O) groups excluding carboxylic acids is 2. The average molecular weight is 382 g/mol. The Labute approximate surface area is 155 Å². The largest absolute Gasteiger partial charge is 0.504 e. The minimum absolute atomic E-state index is 0.0490. The lowest BCUT2D eigenvalue weighted by Crippen LogP contribution is -2.59. The molecule has 1 aliphatic heterocycles. The van der Waals surface area contributed by atoms with Gasteiger partial charge in [-0.05, 0) is 30.7 Å². The highest BCUT2D eigenvalue weighted by Gasteiger charge is 2.47. The molecule has 1 heterocycles. The van der Waals surface area contributed by atoms with Crippen LogP contribution in [0.3, 0.4) is 0 Å². The highest BCUT2D eigenvalue weighted by Crippen LogP contribution is 2.27. The fraction of sp³-hybridized carbons (Fsp3) is 0.444. The Morgan fingerprint density at radius 3 is 2.52 bits per heavy atom. The molecule has 1 aromatic rings. The third-order valence-electron chi connectivity index (χ3n) is 3.95. The maximum Gasteiger partial charge on any atom is 0.331 e. The number of aliphatic hydroxyl groups is 2. The minimum atomic E-state index is -1.57. The van der Waals surface area contributed by atoms with E-state index in [2.05, 4.69) is 0 Å². The molecule has 0 amide bonds. The Morgan fingerprint density at radius 1 is 1.19 bits per heavy atom. The SMILES string of the molecule is COc1cc(/C=C/C(=O)O[C@@H]2[C@H](OC(C)=O)[C@@H](O)[C@H](C)O[C@H]2O)ccc1O. The van der Waals surface area contributed by atoms with Gasteiger partial charge in [0.05, 0.1) is 13.2 Å². The van der Waals surface area contributed by atoms with Crippen molar-refractivity contribution in [3.63, 3.8) is 0 Å². The number of esters is 2. The fourth-order valence-corrected chi connectivity index (χ4v) is 2.59. The normalized spacial score (nSPS) is 28.0. The molecule has 3 N–H and O–H groups in total. The zero-order valence-corrected chi connectivity index (χ0v) is 15.1. The first-order chi connectivity index (χ1) is 12.7. The number of aromatic hydroxyl groups is 1. The molecule has 5 atom stereocenters. The van der Waals surface area contributed by atoms with E-state index in [1.165, 1.54) is 32.2 Å². The Morgan fingerprint density at radius 2 is 1.89 bits per heavy atom. The molecule has 1 saturated heterocycles. The molecule has 2 rings (SSSR count). The highest BCUT2D eigenvalue weighted by atomic mass is 16.7. The Balaban J connectivity index is 2.10. The molecule has 1 aliphatic rings. The number of hydrogen-bond donors (Lipinski definition) is 3. The van der Waals surface area contributed by atoms with E-state index in [0.29, 0.717) is 5.56 Å². The van der Waals surface area contributed by atoms with E-state index < -0.39 is 42.6 Å². The van der Waals surface area contributed by atoms with Gasteiger partial charge < -0.3 is 34.3 Å². The van der Waals surface area contributed by atoms with Crippen LogP contribution in [0.5, 0.6) is 11.5 Å². The van der Waals surface area contributed by atoms with Crippen molar-refractivity contribution in [3.05, 3.63) is 29.8 Å². The molecule has 1 aromatic carbocycles. The summed E-state index contributed by atoms with van der Waals surface area (Å²) in [5.41, 5.74) is 0.548. The predicted molar refractivity (Wildman–Crippen MR) is 91.7 cm³/mol. The first-order valence-corrected chi connectivity index (χ1v) is 8.17. The molecular formula is C18H22O9. The molecule has 0 aliphatic carbocycles. The van der Waals surface area contributed by atoms with E-state index in [1.54, 1.807) is 6.07 Å². The number of ether oxygens (including phenoxy) is 4. The maximum absolute atomic E-state index is 12.1. The van der Waals surface area contributed by atoms with Crippen LogP contribution in [0.1, 0.15) is 19.4 Å². The summed E-state index contributed by atoms with van der Waals surface area (Å²) >= 11 is 0. The van der Waals surface area contributed by atoms with E-state index in [9.17, 15) is 24.9 Å². The van der Waals surface area contributed by atoms with Crippen LogP contribution in [-0.4, -0.2) is 65.1 Å². The third kappa shape index (κ3) is 5.19. The topological polar surface area (TPSA) is 132 Å². The summed E-state index contributed by atoms with van der Waals surface area (Å²) in [6, 6.07) is 4.45. The minimum Gasteiger partial charge on any atom is -0.504 e. The summed E-state index contributed by atoms with van der Waals surface area (Å²) in [5, 5.41) is 29.7. The van der Waals surface area contributed by atoms with Crippen LogP contribution in [0, 0.1) is 0 Å². The number of methoxy groups -OCH3 is 1. The molecule has 9 nitrogen and oxygen atoms in total. The van der Waals surface area contributed by atoms with Crippen molar-refractivity contribution in [2.75, 3.05) is 7.11 Å². The summed E-state index contributed by atoms with van der Waals surface area (Å²) in [5.74, 6) is -1.37. The van der Waals surface area contributed by atoms with E-state index in [1.807, 2.05) is 0 Å². The van der Waals surface area contributed by atoms with Gasteiger partial charge in [-0.2, -0.15) is 0 Å². The number of aliphatic hydroxyl groups excluding tert-OH is 2. The van der Waals surface area contributed by atoms with Gasteiger partial charge in [0, 0.05) is 13.0 Å².